The summed E-state index contributed by atoms with van der Waals surface area (Å²) in [7, 11) is 1.70. The van der Waals surface area contributed by atoms with E-state index in [-0.39, 0.29) is 18.4 Å². The highest BCUT2D eigenvalue weighted by molar-refractivity contribution is 8.12. The number of rotatable bonds is 16. The van der Waals surface area contributed by atoms with Crippen LogP contribution < -0.4 is 10.6 Å². The molecule has 0 saturated carbocycles. The van der Waals surface area contributed by atoms with Gasteiger partial charge in [-0.05, 0) is 36.7 Å². The normalized spacial score (nSPS) is 10.9. The molecule has 0 fully saturated rings. The Labute approximate surface area is 213 Å². The zero-order valence-corrected chi connectivity index (χ0v) is 21.8. The lowest BCUT2D eigenvalue weighted by atomic mass is 10.1. The Morgan fingerprint density at radius 3 is 2.43 bits per heavy atom. The number of carbonyl (C=O) groups is 2. The fourth-order valence-corrected chi connectivity index (χ4v) is 4.46. The van der Waals surface area contributed by atoms with E-state index in [1.54, 1.807) is 24.1 Å². The average Bonchev–Trinajstić information content (AvgIpc) is 2.88. The highest BCUT2D eigenvalue weighted by Gasteiger charge is 2.18. The zero-order chi connectivity index (χ0) is 25.5. The van der Waals surface area contributed by atoms with Crippen LogP contribution in [-0.2, 0) is 22.6 Å². The Hall–Kier alpha value is -2.75. The van der Waals surface area contributed by atoms with E-state index < -0.39 is 0 Å². The van der Waals surface area contributed by atoms with Gasteiger partial charge in [-0.2, -0.15) is 0 Å². The number of hydrogen-bond acceptors (Lipinski definition) is 8. The van der Waals surface area contributed by atoms with Crippen molar-refractivity contribution in [2.45, 2.75) is 31.8 Å². The third-order valence-corrected chi connectivity index (χ3v) is 6.60. The van der Waals surface area contributed by atoms with Gasteiger partial charge in [0.1, 0.15) is 12.4 Å². The highest BCUT2D eigenvalue weighted by Crippen LogP contribution is 2.36. The van der Waals surface area contributed by atoms with Crippen LogP contribution in [0.2, 0.25) is 0 Å². The summed E-state index contributed by atoms with van der Waals surface area (Å²) >= 11 is 1.01. The first-order chi connectivity index (χ1) is 17.0. The van der Waals surface area contributed by atoms with Crippen LogP contribution in [0.15, 0.2) is 47.4 Å². The molecule has 0 spiro atoms. The Morgan fingerprint density at radius 2 is 1.77 bits per heavy atom. The second kappa shape index (κ2) is 16.0. The monoisotopic (exact) mass is 502 g/mol. The molecule has 0 saturated heterocycles. The number of anilines is 1. The van der Waals surface area contributed by atoms with E-state index in [2.05, 4.69) is 29.4 Å². The predicted octanol–water partition coefficient (Wildman–Crippen LogP) is 3.83. The maximum Gasteiger partial charge on any atom is 0.410 e. The maximum absolute atomic E-state index is 12.9. The van der Waals surface area contributed by atoms with E-state index in [1.807, 2.05) is 30.3 Å². The van der Waals surface area contributed by atoms with Crippen molar-refractivity contribution in [3.63, 3.8) is 0 Å². The molecular weight excluding hydrogens is 464 g/mol. The molecule has 2 aromatic rings. The topological polar surface area (TPSA) is 94.1 Å². The second-order valence-electron chi connectivity index (χ2n) is 7.97. The summed E-state index contributed by atoms with van der Waals surface area (Å²) in [5.41, 5.74) is 3.06. The molecule has 0 bridgehead atoms. The number of aromatic hydroxyl groups is 1. The number of thioether (sulfide) groups is 1. The molecule has 0 aliphatic rings. The minimum atomic E-state index is -0.378. The van der Waals surface area contributed by atoms with Crippen molar-refractivity contribution in [2.75, 3.05) is 58.2 Å². The summed E-state index contributed by atoms with van der Waals surface area (Å²) in [4.78, 5) is 28.9. The number of benzene rings is 2. The van der Waals surface area contributed by atoms with Crippen molar-refractivity contribution < 1.29 is 19.4 Å². The number of likely N-dealkylation sites (N-methyl/N-ethyl adjacent to an activating group) is 1. The predicted molar refractivity (Wildman–Crippen MR) is 143 cm³/mol. The number of carbonyl (C=O) groups excluding carboxylic acids is 2. The van der Waals surface area contributed by atoms with Crippen molar-refractivity contribution in [3.8, 4) is 5.75 Å². The lowest BCUT2D eigenvalue weighted by Crippen LogP contribution is -2.40. The molecule has 0 unspecified atom stereocenters. The van der Waals surface area contributed by atoms with Crippen molar-refractivity contribution in [3.05, 3.63) is 53.6 Å². The molecule has 2 aromatic carbocycles. The largest absolute Gasteiger partial charge is 0.506 e. The highest BCUT2D eigenvalue weighted by atomic mass is 32.2. The van der Waals surface area contributed by atoms with E-state index in [4.69, 9.17) is 4.74 Å². The molecule has 0 aliphatic carbocycles. The van der Waals surface area contributed by atoms with Gasteiger partial charge in [-0.3, -0.25) is 4.79 Å². The van der Waals surface area contributed by atoms with Crippen molar-refractivity contribution in [2.24, 2.45) is 0 Å². The van der Waals surface area contributed by atoms with Gasteiger partial charge in [-0.15, -0.1) is 0 Å². The van der Waals surface area contributed by atoms with Crippen LogP contribution >= 0.6 is 11.8 Å². The number of amides is 1. The van der Waals surface area contributed by atoms with Gasteiger partial charge in [-0.1, -0.05) is 62.0 Å². The number of nitrogens with zero attached hydrogens (tertiary/aromatic N) is 2. The summed E-state index contributed by atoms with van der Waals surface area (Å²) in [6.45, 7) is 9.90. The molecule has 8 nitrogen and oxygen atoms in total. The van der Waals surface area contributed by atoms with E-state index in [0.717, 1.165) is 54.7 Å². The standard InChI is InChI=1S/C26H38N4O4S/c1-4-29(5-2)17-14-28-15-18-30(26(33)34-19-21-9-7-6-8-10-21)16-13-22-11-12-23(32)24(27-3)25(22)35-20-31/h6-12,20,27-28,32H,4-5,13-19H2,1-3H3. The third-order valence-electron chi connectivity index (χ3n) is 5.81. The van der Waals surface area contributed by atoms with Crippen LogP contribution in [0.5, 0.6) is 5.75 Å². The number of phenols is 1. The lowest BCUT2D eigenvalue weighted by molar-refractivity contribution is 0.0966. The van der Waals surface area contributed by atoms with Crippen LogP contribution in [-0.4, -0.2) is 79.5 Å². The lowest BCUT2D eigenvalue weighted by Gasteiger charge is -2.24. The smallest absolute Gasteiger partial charge is 0.410 e. The summed E-state index contributed by atoms with van der Waals surface area (Å²) < 4.78 is 5.59. The van der Waals surface area contributed by atoms with E-state index in [1.165, 1.54) is 0 Å². The summed E-state index contributed by atoms with van der Waals surface area (Å²) in [5, 5.41) is 16.5. The summed E-state index contributed by atoms with van der Waals surface area (Å²) in [6.07, 6.45) is 0.141. The Balaban J connectivity index is 2.04. The number of ether oxygens (including phenoxy) is 1. The molecule has 192 valence electrons. The minimum Gasteiger partial charge on any atom is -0.506 e. The van der Waals surface area contributed by atoms with Crippen LogP contribution in [0.25, 0.3) is 0 Å². The van der Waals surface area contributed by atoms with E-state index >= 15 is 0 Å². The first kappa shape index (κ1) is 28.5. The van der Waals surface area contributed by atoms with Gasteiger partial charge in [0.05, 0.1) is 5.69 Å². The second-order valence-corrected chi connectivity index (χ2v) is 8.80. The molecule has 0 radical (unpaired) electrons. The Morgan fingerprint density at radius 1 is 1.06 bits per heavy atom. The fourth-order valence-electron chi connectivity index (χ4n) is 3.71. The molecule has 0 aromatic heterocycles. The molecule has 35 heavy (non-hydrogen) atoms. The van der Waals surface area contributed by atoms with E-state index in [9.17, 15) is 14.7 Å². The molecule has 0 heterocycles. The maximum atomic E-state index is 12.9. The molecule has 1 amide bonds. The van der Waals surface area contributed by atoms with Gasteiger partial charge in [-0.25, -0.2) is 4.79 Å². The zero-order valence-electron chi connectivity index (χ0n) is 21.0. The third kappa shape index (κ3) is 9.43. The van der Waals surface area contributed by atoms with Crippen LogP contribution in [0, 0.1) is 0 Å². The van der Waals surface area contributed by atoms with Crippen LogP contribution in [0.3, 0.4) is 0 Å². The molecule has 3 N–H and O–H groups in total. The summed E-state index contributed by atoms with van der Waals surface area (Å²) in [6, 6.07) is 13.0. The number of phenolic OH excluding ortho intramolecular Hbond substituents is 1. The molecular formula is C26H38N4O4S. The molecule has 0 aliphatic heterocycles. The number of hydrogen-bond donors (Lipinski definition) is 3. The molecule has 2 rings (SSSR count). The van der Waals surface area contributed by atoms with Gasteiger partial charge >= 0.3 is 6.09 Å². The van der Waals surface area contributed by atoms with Crippen molar-refractivity contribution in [1.29, 1.82) is 0 Å². The van der Waals surface area contributed by atoms with Crippen molar-refractivity contribution >= 4 is 29.2 Å². The SMILES string of the molecule is CCN(CC)CCNCCN(CCc1ccc(O)c(NC)c1SC=O)C(=O)OCc1ccccc1. The summed E-state index contributed by atoms with van der Waals surface area (Å²) in [5.74, 6) is 0.0807. The van der Waals surface area contributed by atoms with Crippen molar-refractivity contribution in [1.82, 2.24) is 15.1 Å². The number of nitrogens with one attached hydrogen (secondary N) is 2. The van der Waals surface area contributed by atoms with Crippen LogP contribution in [0.4, 0.5) is 10.5 Å². The van der Waals surface area contributed by atoms with Gasteiger partial charge < -0.3 is 30.3 Å². The first-order valence-electron chi connectivity index (χ1n) is 12.1. The first-order valence-corrected chi connectivity index (χ1v) is 12.9. The quantitative estimate of drug-likeness (QED) is 0.138. The molecule has 0 atom stereocenters. The fraction of sp³-hybridized carbons (Fsp3) is 0.462. The van der Waals surface area contributed by atoms with Gasteiger partial charge in [0.25, 0.3) is 0 Å². The molecule has 9 heteroatoms. The average molecular weight is 503 g/mol. The van der Waals surface area contributed by atoms with Gasteiger partial charge in [0.15, 0.2) is 5.62 Å². The van der Waals surface area contributed by atoms with Gasteiger partial charge in [0, 0.05) is 44.7 Å². The van der Waals surface area contributed by atoms with Gasteiger partial charge in [0.2, 0.25) is 0 Å². The minimum absolute atomic E-state index is 0.0807. The van der Waals surface area contributed by atoms with E-state index in [0.29, 0.717) is 36.6 Å². The Bertz CT molecular complexity index is 910. The van der Waals surface area contributed by atoms with Crippen LogP contribution in [0.1, 0.15) is 25.0 Å². The Kier molecular flexibility index (Phi) is 13.0.